The highest BCUT2D eigenvalue weighted by molar-refractivity contribution is 5.89. The third kappa shape index (κ3) is 3.23. The molecule has 1 N–H and O–H groups in total. The normalized spacial score (nSPS) is 32.3. The summed E-state index contributed by atoms with van der Waals surface area (Å²) >= 11 is 0. The molecule has 3 heterocycles. The Kier molecular flexibility index (Phi) is 5.00. The molecule has 1 amide bonds. The van der Waals surface area contributed by atoms with Crippen LogP contribution in [-0.2, 0) is 19.1 Å². The van der Waals surface area contributed by atoms with E-state index in [1.807, 2.05) is 31.2 Å². The van der Waals surface area contributed by atoms with Gasteiger partial charge in [0.1, 0.15) is 5.92 Å². The highest BCUT2D eigenvalue weighted by Gasteiger charge is 2.65. The number of methoxy groups -OCH3 is 2. The first-order valence-corrected chi connectivity index (χ1v) is 11.0. The van der Waals surface area contributed by atoms with Gasteiger partial charge in [-0.25, -0.2) is 4.79 Å². The van der Waals surface area contributed by atoms with E-state index >= 15 is 0 Å². The molecule has 2 aromatic rings. The van der Waals surface area contributed by atoms with Crippen molar-refractivity contribution < 1.29 is 28.6 Å². The molecule has 10 heteroatoms. The van der Waals surface area contributed by atoms with Gasteiger partial charge in [-0.2, -0.15) is 9.97 Å². The first-order valence-electron chi connectivity index (χ1n) is 11.0. The molecule has 0 spiro atoms. The Labute approximate surface area is 190 Å². The van der Waals surface area contributed by atoms with Crippen molar-refractivity contribution in [2.45, 2.75) is 49.4 Å². The molecule has 3 aliphatic rings. The quantitative estimate of drug-likeness (QED) is 0.532. The Morgan fingerprint density at radius 2 is 2.03 bits per heavy atom. The van der Waals surface area contributed by atoms with Crippen LogP contribution in [-0.4, -0.2) is 71.2 Å². The first-order chi connectivity index (χ1) is 15.9. The van der Waals surface area contributed by atoms with Crippen molar-refractivity contribution in [3.05, 3.63) is 30.0 Å². The summed E-state index contributed by atoms with van der Waals surface area (Å²) in [5.41, 5.74) is -0.632. The molecule has 174 valence electrons. The van der Waals surface area contributed by atoms with Gasteiger partial charge in [0.15, 0.2) is 11.9 Å². The number of fused-ring (bicyclic) bond motifs is 3. The van der Waals surface area contributed by atoms with Crippen LogP contribution in [0.5, 0.6) is 6.01 Å². The maximum absolute atomic E-state index is 13.4. The number of hydrogen-bond acceptors (Lipinski definition) is 9. The smallest absolute Gasteiger partial charge is 0.411 e. The van der Waals surface area contributed by atoms with Gasteiger partial charge in [-0.05, 0) is 25.8 Å². The maximum atomic E-state index is 13.4. The summed E-state index contributed by atoms with van der Waals surface area (Å²) in [6, 6.07) is 7.51. The van der Waals surface area contributed by atoms with Crippen LogP contribution in [0, 0.1) is 5.92 Å². The fourth-order valence-electron chi connectivity index (χ4n) is 5.38. The van der Waals surface area contributed by atoms with E-state index in [1.165, 1.54) is 14.2 Å². The van der Waals surface area contributed by atoms with Gasteiger partial charge in [0.25, 0.3) is 0 Å². The lowest BCUT2D eigenvalue weighted by molar-refractivity contribution is -0.145. The number of carbonyl (C=O) groups is 3. The number of amides is 1. The molecule has 2 bridgehead atoms. The summed E-state index contributed by atoms with van der Waals surface area (Å²) in [6.45, 7) is 2.54. The average Bonchev–Trinajstić information content (AvgIpc) is 3.49. The third-order valence-electron chi connectivity index (χ3n) is 7.26. The Morgan fingerprint density at radius 3 is 2.76 bits per heavy atom. The monoisotopic (exact) mass is 454 g/mol. The van der Waals surface area contributed by atoms with Crippen molar-refractivity contribution in [3.8, 4) is 6.01 Å². The second kappa shape index (κ2) is 7.65. The van der Waals surface area contributed by atoms with Crippen molar-refractivity contribution in [2.24, 2.45) is 5.92 Å². The predicted octanol–water partition coefficient (Wildman–Crippen LogP) is 1.77. The van der Waals surface area contributed by atoms with Crippen LogP contribution in [0.4, 0.5) is 4.79 Å². The lowest BCUT2D eigenvalue weighted by Crippen LogP contribution is -2.63. The van der Waals surface area contributed by atoms with E-state index in [0.29, 0.717) is 12.8 Å². The topological polar surface area (TPSA) is 120 Å². The van der Waals surface area contributed by atoms with Crippen molar-refractivity contribution in [1.29, 1.82) is 0 Å². The standard InChI is InChI=1S/C23H26N4O6/c1-22-9-8-13(27(22)21(30)33-23(12-28)10-15(23)19(29)31-2)11-24-18(22)17-14-6-4-5-7-16(14)25-20(26-17)32-3/h4-7,12-13,15,18,24H,8-11H2,1-3H3. The van der Waals surface area contributed by atoms with Crippen molar-refractivity contribution >= 4 is 29.3 Å². The van der Waals surface area contributed by atoms with Crippen molar-refractivity contribution in [1.82, 2.24) is 20.2 Å². The summed E-state index contributed by atoms with van der Waals surface area (Å²) in [5.74, 6) is -1.31. The van der Waals surface area contributed by atoms with Gasteiger partial charge in [-0.1, -0.05) is 18.2 Å². The third-order valence-corrected chi connectivity index (χ3v) is 7.26. The molecule has 3 fully saturated rings. The minimum absolute atomic E-state index is 0.0900. The van der Waals surface area contributed by atoms with Crippen LogP contribution in [0.25, 0.3) is 10.9 Å². The van der Waals surface area contributed by atoms with E-state index in [1.54, 1.807) is 4.90 Å². The lowest BCUT2D eigenvalue weighted by atomic mass is 9.85. The number of benzene rings is 1. The molecule has 1 aliphatic carbocycles. The number of esters is 1. The minimum Gasteiger partial charge on any atom is -0.469 e. The van der Waals surface area contributed by atoms with Gasteiger partial charge in [0.05, 0.1) is 37.0 Å². The van der Waals surface area contributed by atoms with Gasteiger partial charge in [-0.3, -0.25) is 14.5 Å². The summed E-state index contributed by atoms with van der Waals surface area (Å²) < 4.78 is 15.7. The van der Waals surface area contributed by atoms with Crippen LogP contribution in [0.3, 0.4) is 0 Å². The number of nitrogens with one attached hydrogen (secondary N) is 1. The van der Waals surface area contributed by atoms with Crippen LogP contribution in [0.2, 0.25) is 0 Å². The summed E-state index contributed by atoms with van der Waals surface area (Å²) in [4.78, 5) is 47.9. The Bertz CT molecular complexity index is 1140. The van der Waals surface area contributed by atoms with Crippen LogP contribution < -0.4 is 10.1 Å². The zero-order valence-electron chi connectivity index (χ0n) is 18.7. The Balaban J connectivity index is 1.49. The van der Waals surface area contributed by atoms with Gasteiger partial charge < -0.3 is 19.5 Å². The molecule has 10 nitrogen and oxygen atoms in total. The molecule has 1 aromatic heterocycles. The second-order valence-corrected chi connectivity index (χ2v) is 9.09. The second-order valence-electron chi connectivity index (χ2n) is 9.09. The summed E-state index contributed by atoms with van der Waals surface area (Å²) in [5, 5.41) is 4.42. The van der Waals surface area contributed by atoms with Gasteiger partial charge >= 0.3 is 18.1 Å². The number of aldehydes is 1. The molecular weight excluding hydrogens is 428 g/mol. The summed E-state index contributed by atoms with van der Waals surface area (Å²) in [6.07, 6.45) is 1.58. The predicted molar refractivity (Wildman–Crippen MR) is 115 cm³/mol. The van der Waals surface area contributed by atoms with E-state index in [0.717, 1.165) is 29.4 Å². The van der Waals surface area contributed by atoms with Crippen molar-refractivity contribution in [3.63, 3.8) is 0 Å². The lowest BCUT2D eigenvalue weighted by Gasteiger charge is -2.47. The molecule has 5 unspecified atom stereocenters. The number of piperazine rings is 1. The molecular formula is C23H26N4O6. The number of hydrogen-bond donors (Lipinski definition) is 1. The molecule has 0 radical (unpaired) electrons. The number of aromatic nitrogens is 2. The molecule has 5 atom stereocenters. The van der Waals surface area contributed by atoms with Gasteiger partial charge in [-0.15, -0.1) is 0 Å². The van der Waals surface area contributed by atoms with Crippen LogP contribution in [0.1, 0.15) is 37.9 Å². The zero-order chi connectivity index (χ0) is 23.4. The van der Waals surface area contributed by atoms with E-state index in [-0.39, 0.29) is 24.5 Å². The number of nitrogens with zero attached hydrogens (tertiary/aromatic N) is 3. The molecule has 5 rings (SSSR count). The maximum Gasteiger partial charge on any atom is 0.411 e. The average molecular weight is 454 g/mol. The number of rotatable bonds is 5. The molecule has 1 saturated carbocycles. The van der Waals surface area contributed by atoms with Crippen LogP contribution in [0.15, 0.2) is 24.3 Å². The molecule has 33 heavy (non-hydrogen) atoms. The zero-order valence-corrected chi connectivity index (χ0v) is 18.7. The number of ether oxygens (including phenoxy) is 3. The van der Waals surface area contributed by atoms with E-state index < -0.39 is 29.1 Å². The fourth-order valence-corrected chi connectivity index (χ4v) is 5.38. The highest BCUT2D eigenvalue weighted by Crippen LogP contribution is 2.50. The summed E-state index contributed by atoms with van der Waals surface area (Å²) in [7, 11) is 2.77. The number of para-hydroxylation sites is 1. The SMILES string of the molecule is COC(=O)C1CC1(C=O)OC(=O)N1C2CCC1(C)C(c1nc(OC)nc3ccccc13)NC2. The highest BCUT2D eigenvalue weighted by atomic mass is 16.6. The van der Waals surface area contributed by atoms with Crippen LogP contribution >= 0.6 is 0 Å². The van der Waals surface area contributed by atoms with E-state index in [9.17, 15) is 14.4 Å². The Morgan fingerprint density at radius 1 is 1.24 bits per heavy atom. The first kappa shape index (κ1) is 21.6. The van der Waals surface area contributed by atoms with Gasteiger partial charge in [0, 0.05) is 24.4 Å². The van der Waals surface area contributed by atoms with E-state index in [4.69, 9.17) is 14.2 Å². The van der Waals surface area contributed by atoms with Crippen molar-refractivity contribution in [2.75, 3.05) is 20.8 Å². The molecule has 1 aromatic carbocycles. The van der Waals surface area contributed by atoms with Gasteiger partial charge in [0.2, 0.25) is 0 Å². The van der Waals surface area contributed by atoms with E-state index in [2.05, 4.69) is 15.3 Å². The minimum atomic E-state index is -1.45. The number of carbonyl (C=O) groups excluding carboxylic acids is 3. The fraction of sp³-hybridized carbons (Fsp3) is 0.522. The largest absolute Gasteiger partial charge is 0.469 e. The Hall–Kier alpha value is -3.27. The molecule has 2 saturated heterocycles. The molecule has 2 aliphatic heterocycles.